The van der Waals surface area contributed by atoms with Crippen LogP contribution in [0.1, 0.15) is 30.1 Å². The highest BCUT2D eigenvalue weighted by atomic mass is 16.5. The molecule has 0 saturated carbocycles. The highest BCUT2D eigenvalue weighted by molar-refractivity contribution is 6.00. The number of nitrogens with one attached hydrogen (secondary N) is 1. The molecule has 0 spiro atoms. The minimum atomic E-state index is -0.781. The van der Waals surface area contributed by atoms with Gasteiger partial charge in [0.1, 0.15) is 6.33 Å². The van der Waals surface area contributed by atoms with Crippen LogP contribution in [0.3, 0.4) is 0 Å². The third-order valence-corrected chi connectivity index (χ3v) is 5.08. The van der Waals surface area contributed by atoms with Gasteiger partial charge >= 0.3 is 0 Å². The summed E-state index contributed by atoms with van der Waals surface area (Å²) < 4.78 is 5.10. The number of hydrogen-bond acceptors (Lipinski definition) is 5. The van der Waals surface area contributed by atoms with Gasteiger partial charge in [0.05, 0.1) is 11.2 Å². The molecule has 7 nitrogen and oxygen atoms in total. The first-order valence-electron chi connectivity index (χ1n) is 8.50. The Morgan fingerprint density at radius 2 is 2.28 bits per heavy atom. The molecule has 2 atom stereocenters. The van der Waals surface area contributed by atoms with Gasteiger partial charge in [0.2, 0.25) is 0 Å². The molecule has 0 bridgehead atoms. The molecule has 3 rings (SSSR count). The zero-order chi connectivity index (χ0) is 17.9. The van der Waals surface area contributed by atoms with Crippen molar-refractivity contribution in [2.24, 2.45) is 5.92 Å². The Labute approximate surface area is 147 Å². The lowest BCUT2D eigenvalue weighted by Gasteiger charge is -2.43. The van der Waals surface area contributed by atoms with Crippen molar-refractivity contribution in [2.75, 3.05) is 26.8 Å². The number of nitrogens with zero attached hydrogens (tertiary/aromatic N) is 3. The number of H-pyrrole nitrogens is 1. The van der Waals surface area contributed by atoms with Crippen LogP contribution < -0.4 is 0 Å². The molecular formula is C18H24N4O3. The summed E-state index contributed by atoms with van der Waals surface area (Å²) in [4.78, 5) is 19.0. The molecule has 1 aromatic heterocycles. The van der Waals surface area contributed by atoms with Crippen LogP contribution >= 0.6 is 0 Å². The Morgan fingerprint density at radius 1 is 1.48 bits per heavy atom. The second kappa shape index (κ2) is 7.33. The lowest BCUT2D eigenvalue weighted by molar-refractivity contribution is -0.0750. The predicted molar refractivity (Wildman–Crippen MR) is 92.9 cm³/mol. The van der Waals surface area contributed by atoms with Crippen LogP contribution in [-0.2, 0) is 4.74 Å². The molecule has 0 aliphatic carbocycles. The molecule has 0 radical (unpaired) electrons. The standard InChI is InChI=1S/C18H24N4O3/c1-13-11-22(9-7-18(13,24)8-10-25-2)17(23)15-6-4-3-5-14(15)16-19-12-20-21-16/h3-6,12-13,24H,7-11H2,1-2H3,(H,19,20,21)/t13?,18-/m1/s1. The van der Waals surface area contributed by atoms with E-state index in [1.807, 2.05) is 25.1 Å². The van der Waals surface area contributed by atoms with E-state index in [1.54, 1.807) is 18.1 Å². The number of ether oxygens (including phenoxy) is 1. The molecule has 2 N–H and O–H groups in total. The summed E-state index contributed by atoms with van der Waals surface area (Å²) in [5.41, 5.74) is 0.545. The molecule has 1 amide bonds. The molecule has 2 aromatic rings. The number of amides is 1. The van der Waals surface area contributed by atoms with Gasteiger partial charge in [-0.15, -0.1) is 0 Å². The van der Waals surface area contributed by atoms with Gasteiger partial charge < -0.3 is 14.7 Å². The van der Waals surface area contributed by atoms with Crippen molar-refractivity contribution >= 4 is 5.91 Å². The smallest absolute Gasteiger partial charge is 0.254 e. The number of aromatic nitrogens is 3. The second-order valence-electron chi connectivity index (χ2n) is 6.63. The summed E-state index contributed by atoms with van der Waals surface area (Å²) in [6, 6.07) is 7.37. The predicted octanol–water partition coefficient (Wildman–Crippen LogP) is 1.72. The summed E-state index contributed by atoms with van der Waals surface area (Å²) in [6.45, 7) is 3.54. The number of carbonyl (C=O) groups excluding carboxylic acids is 1. The van der Waals surface area contributed by atoms with Gasteiger partial charge in [-0.3, -0.25) is 9.89 Å². The number of piperidine rings is 1. The largest absolute Gasteiger partial charge is 0.389 e. The van der Waals surface area contributed by atoms with Crippen molar-refractivity contribution in [3.05, 3.63) is 36.2 Å². The van der Waals surface area contributed by atoms with Crippen LogP contribution in [0.15, 0.2) is 30.6 Å². The van der Waals surface area contributed by atoms with E-state index >= 15 is 0 Å². The Bertz CT molecular complexity index is 719. The van der Waals surface area contributed by atoms with Gasteiger partial charge in [0.25, 0.3) is 5.91 Å². The molecule has 7 heteroatoms. The summed E-state index contributed by atoms with van der Waals surface area (Å²) >= 11 is 0. The summed E-state index contributed by atoms with van der Waals surface area (Å²) in [5, 5.41) is 17.5. The van der Waals surface area contributed by atoms with E-state index in [0.29, 0.717) is 43.9 Å². The first-order valence-corrected chi connectivity index (χ1v) is 8.50. The van der Waals surface area contributed by atoms with Crippen molar-refractivity contribution in [3.63, 3.8) is 0 Å². The van der Waals surface area contributed by atoms with Crippen LogP contribution in [0.25, 0.3) is 11.4 Å². The number of carbonyl (C=O) groups is 1. The molecular weight excluding hydrogens is 320 g/mol. The molecule has 1 aromatic carbocycles. The van der Waals surface area contributed by atoms with Crippen molar-refractivity contribution < 1.29 is 14.6 Å². The van der Waals surface area contributed by atoms with Crippen LogP contribution in [0.4, 0.5) is 0 Å². The fourth-order valence-electron chi connectivity index (χ4n) is 3.38. The Balaban J connectivity index is 1.78. The Morgan fingerprint density at radius 3 is 2.96 bits per heavy atom. The number of rotatable bonds is 5. The van der Waals surface area contributed by atoms with E-state index in [-0.39, 0.29) is 11.8 Å². The maximum Gasteiger partial charge on any atom is 0.254 e. The lowest BCUT2D eigenvalue weighted by Crippen LogP contribution is -2.53. The van der Waals surface area contributed by atoms with Crippen molar-refractivity contribution in [1.29, 1.82) is 0 Å². The summed E-state index contributed by atoms with van der Waals surface area (Å²) in [6.07, 6.45) is 2.56. The first-order chi connectivity index (χ1) is 12.0. The Kier molecular flexibility index (Phi) is 5.15. The average Bonchev–Trinajstić information content (AvgIpc) is 3.16. The average molecular weight is 344 g/mol. The van der Waals surface area contributed by atoms with E-state index in [2.05, 4.69) is 15.2 Å². The zero-order valence-electron chi connectivity index (χ0n) is 14.6. The van der Waals surface area contributed by atoms with E-state index in [0.717, 1.165) is 5.56 Å². The number of hydrogen-bond donors (Lipinski definition) is 2. The van der Waals surface area contributed by atoms with Crippen molar-refractivity contribution in [1.82, 2.24) is 20.1 Å². The number of aromatic amines is 1. The molecule has 1 aliphatic rings. The molecule has 1 saturated heterocycles. The van der Waals surface area contributed by atoms with E-state index in [4.69, 9.17) is 4.74 Å². The summed E-state index contributed by atoms with van der Waals surface area (Å²) in [5.74, 6) is 0.510. The number of likely N-dealkylation sites (tertiary alicyclic amines) is 1. The molecule has 2 heterocycles. The van der Waals surface area contributed by atoms with Gasteiger partial charge in [-0.1, -0.05) is 25.1 Å². The third-order valence-electron chi connectivity index (χ3n) is 5.08. The zero-order valence-corrected chi connectivity index (χ0v) is 14.6. The molecule has 1 unspecified atom stereocenters. The molecule has 134 valence electrons. The lowest BCUT2D eigenvalue weighted by atomic mass is 9.79. The quantitative estimate of drug-likeness (QED) is 0.862. The number of benzene rings is 1. The monoisotopic (exact) mass is 344 g/mol. The number of methoxy groups -OCH3 is 1. The van der Waals surface area contributed by atoms with E-state index in [1.165, 1.54) is 6.33 Å². The highest BCUT2D eigenvalue weighted by Crippen LogP contribution is 2.32. The normalized spacial score (nSPS) is 23.6. The summed E-state index contributed by atoms with van der Waals surface area (Å²) in [7, 11) is 1.63. The van der Waals surface area contributed by atoms with Gasteiger partial charge in [0, 0.05) is 38.3 Å². The minimum absolute atomic E-state index is 0.0159. The van der Waals surface area contributed by atoms with Crippen LogP contribution in [0.2, 0.25) is 0 Å². The third kappa shape index (κ3) is 3.57. The fourth-order valence-corrected chi connectivity index (χ4v) is 3.38. The second-order valence-corrected chi connectivity index (χ2v) is 6.63. The van der Waals surface area contributed by atoms with Crippen LogP contribution in [0.5, 0.6) is 0 Å². The van der Waals surface area contributed by atoms with Gasteiger partial charge in [-0.2, -0.15) is 5.10 Å². The van der Waals surface area contributed by atoms with Crippen molar-refractivity contribution in [2.45, 2.75) is 25.4 Å². The van der Waals surface area contributed by atoms with Crippen molar-refractivity contribution in [3.8, 4) is 11.4 Å². The van der Waals surface area contributed by atoms with Gasteiger partial charge in [-0.25, -0.2) is 4.98 Å². The Hall–Kier alpha value is -2.25. The van der Waals surface area contributed by atoms with E-state index < -0.39 is 5.60 Å². The highest BCUT2D eigenvalue weighted by Gasteiger charge is 2.40. The van der Waals surface area contributed by atoms with E-state index in [9.17, 15) is 9.90 Å². The van der Waals surface area contributed by atoms with Crippen LogP contribution in [-0.4, -0.2) is 63.5 Å². The number of aliphatic hydroxyl groups is 1. The van der Waals surface area contributed by atoms with Crippen LogP contribution in [0, 0.1) is 5.92 Å². The maximum atomic E-state index is 13.0. The molecule has 1 aliphatic heterocycles. The van der Waals surface area contributed by atoms with Gasteiger partial charge in [0.15, 0.2) is 5.82 Å². The maximum absolute atomic E-state index is 13.0. The molecule has 1 fully saturated rings. The minimum Gasteiger partial charge on any atom is -0.389 e. The van der Waals surface area contributed by atoms with Gasteiger partial charge in [-0.05, 0) is 18.9 Å². The molecule has 25 heavy (non-hydrogen) atoms. The first kappa shape index (κ1) is 17.6. The SMILES string of the molecule is COCC[C@]1(O)CCN(C(=O)c2ccccc2-c2ncn[nH]2)CC1C. The fraction of sp³-hybridized carbons (Fsp3) is 0.500. The topological polar surface area (TPSA) is 91.3 Å².